The van der Waals surface area contributed by atoms with Crippen molar-refractivity contribution in [3.05, 3.63) is 78.4 Å². The number of aromatic nitrogens is 1. The van der Waals surface area contributed by atoms with E-state index in [1.807, 2.05) is 36.4 Å². The maximum absolute atomic E-state index is 8.35. The van der Waals surface area contributed by atoms with Gasteiger partial charge >= 0.3 is 0 Å². The Bertz CT molecular complexity index is 1410. The zero-order valence-corrected chi connectivity index (χ0v) is 14.6. The van der Waals surface area contributed by atoms with E-state index < -0.39 is 5.89 Å². The highest BCUT2D eigenvalue weighted by Crippen LogP contribution is 2.37. The molecule has 2 nitrogen and oxygen atoms in total. The summed E-state index contributed by atoms with van der Waals surface area (Å²) in [5, 5.41) is 4.28. The van der Waals surface area contributed by atoms with Crippen LogP contribution in [0.2, 0.25) is 0 Å². The second kappa shape index (κ2) is 5.70. The first-order valence-corrected chi connectivity index (χ1v) is 8.66. The maximum atomic E-state index is 8.35. The monoisotopic (exact) mass is 340 g/mol. The van der Waals surface area contributed by atoms with Crippen molar-refractivity contribution in [1.29, 1.82) is 0 Å². The lowest BCUT2D eigenvalue weighted by Gasteiger charge is -2.07. The molecule has 0 aliphatic rings. The normalized spacial score (nSPS) is 13.8. The Morgan fingerprint density at radius 2 is 1.77 bits per heavy atom. The van der Waals surface area contributed by atoms with Gasteiger partial charge in [0.1, 0.15) is 11.2 Å². The Morgan fingerprint density at radius 3 is 2.58 bits per heavy atom. The number of furan rings is 1. The zero-order valence-electron chi connectivity index (χ0n) is 17.6. The predicted molar refractivity (Wildman–Crippen MR) is 109 cm³/mol. The summed E-state index contributed by atoms with van der Waals surface area (Å²) in [7, 11) is 0. The van der Waals surface area contributed by atoms with E-state index in [-0.39, 0.29) is 12.2 Å². The van der Waals surface area contributed by atoms with Gasteiger partial charge in [-0.15, -0.1) is 0 Å². The fraction of sp³-hybridized carbons (Fsp3) is 0.125. The van der Waals surface area contributed by atoms with E-state index in [2.05, 4.69) is 23.2 Å². The molecule has 0 bridgehead atoms. The SMILES string of the molecule is [2H]c1nc(-c2cccc3c2oc2cc4ccccc4cc23)cc(C([2H])(C)C)c1[2H]. The molecule has 0 amide bonds. The number of nitrogens with zero attached hydrogens (tertiary/aromatic N) is 1. The molecule has 0 fully saturated rings. The molecule has 2 aromatic heterocycles. The topological polar surface area (TPSA) is 26.0 Å². The highest BCUT2D eigenvalue weighted by Gasteiger charge is 2.14. The summed E-state index contributed by atoms with van der Waals surface area (Å²) in [5.74, 6) is -0.996. The van der Waals surface area contributed by atoms with Crippen LogP contribution in [0.1, 0.15) is 29.4 Å². The molecule has 0 spiro atoms. The van der Waals surface area contributed by atoms with Gasteiger partial charge in [-0.05, 0) is 52.5 Å². The van der Waals surface area contributed by atoms with Crippen molar-refractivity contribution in [3.63, 3.8) is 0 Å². The van der Waals surface area contributed by atoms with E-state index in [1.165, 1.54) is 0 Å². The molecule has 0 atom stereocenters. The Labute approximate surface area is 156 Å². The summed E-state index contributed by atoms with van der Waals surface area (Å²) >= 11 is 0. The molecule has 0 aliphatic carbocycles. The minimum absolute atomic E-state index is 0.00298. The number of benzene rings is 3. The molecular formula is C24H19NO. The van der Waals surface area contributed by atoms with Crippen LogP contribution in [0.4, 0.5) is 0 Å². The number of fused-ring (bicyclic) bond motifs is 4. The van der Waals surface area contributed by atoms with Crippen molar-refractivity contribution in [3.8, 4) is 11.3 Å². The quantitative estimate of drug-likeness (QED) is 0.348. The number of rotatable bonds is 2. The lowest BCUT2D eigenvalue weighted by atomic mass is 10.00. The average molecular weight is 340 g/mol. The fourth-order valence-corrected chi connectivity index (χ4v) is 3.45. The van der Waals surface area contributed by atoms with Gasteiger partial charge in [-0.2, -0.15) is 0 Å². The summed E-state index contributed by atoms with van der Waals surface area (Å²) in [4.78, 5) is 4.33. The minimum atomic E-state index is -0.996. The zero-order chi connectivity index (χ0) is 20.3. The Kier molecular flexibility index (Phi) is 2.69. The lowest BCUT2D eigenvalue weighted by Crippen LogP contribution is -1.90. The molecule has 2 heterocycles. The van der Waals surface area contributed by atoms with Crippen molar-refractivity contribution < 1.29 is 8.53 Å². The van der Waals surface area contributed by atoms with Gasteiger partial charge in [0, 0.05) is 23.9 Å². The summed E-state index contributed by atoms with van der Waals surface area (Å²) < 4.78 is 30.9. The second-order valence-corrected chi connectivity index (χ2v) is 6.77. The van der Waals surface area contributed by atoms with Gasteiger partial charge in [0.2, 0.25) is 0 Å². The van der Waals surface area contributed by atoms with Crippen molar-refractivity contribution in [1.82, 2.24) is 4.98 Å². The van der Waals surface area contributed by atoms with Gasteiger partial charge in [-0.1, -0.05) is 50.2 Å². The maximum Gasteiger partial charge on any atom is 0.144 e. The van der Waals surface area contributed by atoms with E-state index in [0.717, 1.165) is 32.7 Å². The van der Waals surface area contributed by atoms with Gasteiger partial charge < -0.3 is 4.42 Å². The fourth-order valence-electron chi connectivity index (χ4n) is 3.45. The molecule has 0 saturated heterocycles. The van der Waals surface area contributed by atoms with Crippen LogP contribution in [0.25, 0.3) is 44.0 Å². The number of hydrogen-bond donors (Lipinski definition) is 0. The summed E-state index contributed by atoms with van der Waals surface area (Å²) in [6, 6.07) is 20.0. The molecule has 126 valence electrons. The van der Waals surface area contributed by atoms with Crippen LogP contribution < -0.4 is 0 Å². The molecule has 2 heteroatoms. The van der Waals surface area contributed by atoms with Gasteiger partial charge in [0.25, 0.3) is 0 Å². The first-order valence-electron chi connectivity index (χ1n) is 10.2. The largest absolute Gasteiger partial charge is 0.455 e. The van der Waals surface area contributed by atoms with E-state index in [4.69, 9.17) is 8.53 Å². The second-order valence-electron chi connectivity index (χ2n) is 6.77. The van der Waals surface area contributed by atoms with E-state index in [0.29, 0.717) is 16.8 Å². The molecule has 0 radical (unpaired) electrons. The highest BCUT2D eigenvalue weighted by molar-refractivity contribution is 6.13. The molecule has 0 aliphatic heterocycles. The van der Waals surface area contributed by atoms with Crippen molar-refractivity contribution in [2.75, 3.05) is 0 Å². The summed E-state index contributed by atoms with van der Waals surface area (Å²) in [5.41, 5.74) is 3.30. The third-order valence-electron chi connectivity index (χ3n) is 4.83. The Hall–Kier alpha value is -3.13. The minimum Gasteiger partial charge on any atom is -0.455 e. The van der Waals surface area contributed by atoms with Crippen molar-refractivity contribution >= 4 is 32.7 Å². The van der Waals surface area contributed by atoms with Crippen LogP contribution in [0.5, 0.6) is 0 Å². The molecule has 5 rings (SSSR count). The van der Waals surface area contributed by atoms with Crippen LogP contribution in [0, 0.1) is 0 Å². The Morgan fingerprint density at radius 1 is 0.962 bits per heavy atom. The molecule has 3 aromatic carbocycles. The van der Waals surface area contributed by atoms with Crippen LogP contribution >= 0.6 is 0 Å². The highest BCUT2D eigenvalue weighted by atomic mass is 16.3. The van der Waals surface area contributed by atoms with Crippen molar-refractivity contribution in [2.24, 2.45) is 0 Å². The van der Waals surface area contributed by atoms with Gasteiger partial charge in [0.05, 0.1) is 8.44 Å². The smallest absolute Gasteiger partial charge is 0.144 e. The average Bonchev–Trinajstić information content (AvgIpc) is 3.04. The standard InChI is InChI=1S/C24H19NO/c1-15(2)16-10-11-25-22(13-16)20-9-5-8-19-21-12-17-6-3-4-7-18(17)14-23(21)26-24(19)20/h3-15H,1-2H3/i10D,11D,15D. The third kappa shape index (κ3) is 2.30. The van der Waals surface area contributed by atoms with Gasteiger partial charge in [-0.3, -0.25) is 4.98 Å². The van der Waals surface area contributed by atoms with E-state index in [1.54, 1.807) is 19.9 Å². The van der Waals surface area contributed by atoms with E-state index in [9.17, 15) is 0 Å². The first-order chi connectivity index (χ1) is 13.8. The molecule has 5 aromatic rings. The van der Waals surface area contributed by atoms with Crippen molar-refractivity contribution in [2.45, 2.75) is 19.7 Å². The molecule has 26 heavy (non-hydrogen) atoms. The van der Waals surface area contributed by atoms with E-state index >= 15 is 0 Å². The number of para-hydroxylation sites is 1. The number of pyridine rings is 1. The van der Waals surface area contributed by atoms with Gasteiger partial charge in [0.15, 0.2) is 0 Å². The summed E-state index contributed by atoms with van der Waals surface area (Å²) in [6.45, 7) is 3.44. The first kappa shape index (κ1) is 12.3. The Balaban J connectivity index is 1.82. The summed E-state index contributed by atoms with van der Waals surface area (Å²) in [6.07, 6.45) is -0.128. The van der Waals surface area contributed by atoms with Crippen LogP contribution in [0.3, 0.4) is 0 Å². The third-order valence-corrected chi connectivity index (χ3v) is 4.83. The molecule has 0 saturated carbocycles. The van der Waals surface area contributed by atoms with Crippen LogP contribution in [0.15, 0.2) is 77.3 Å². The van der Waals surface area contributed by atoms with Gasteiger partial charge in [-0.25, -0.2) is 0 Å². The number of hydrogen-bond acceptors (Lipinski definition) is 2. The predicted octanol–water partition coefficient (Wildman–Crippen LogP) is 6.92. The molecular weight excluding hydrogens is 318 g/mol. The van der Waals surface area contributed by atoms with Crippen LogP contribution in [-0.4, -0.2) is 4.98 Å². The lowest BCUT2D eigenvalue weighted by molar-refractivity contribution is 0.670. The van der Waals surface area contributed by atoms with Crippen LogP contribution in [-0.2, 0) is 0 Å². The molecule has 0 N–H and O–H groups in total. The molecule has 0 unspecified atom stereocenters.